The molecular formula is C21H34IN3O4. The summed E-state index contributed by atoms with van der Waals surface area (Å²) in [6, 6.07) is 4.32. The molecule has 2 aliphatic rings. The van der Waals surface area contributed by atoms with Crippen LogP contribution in [0.1, 0.15) is 38.2 Å². The summed E-state index contributed by atoms with van der Waals surface area (Å²) >= 11 is 0. The Bertz CT molecular complexity index is 684. The second-order valence-electron chi connectivity index (χ2n) is 7.42. The van der Waals surface area contributed by atoms with E-state index >= 15 is 0 Å². The monoisotopic (exact) mass is 519 g/mol. The van der Waals surface area contributed by atoms with Gasteiger partial charge in [-0.1, -0.05) is 6.42 Å². The summed E-state index contributed by atoms with van der Waals surface area (Å²) in [7, 11) is 6.65. The average molecular weight is 519 g/mol. The van der Waals surface area contributed by atoms with Crippen molar-refractivity contribution in [3.8, 4) is 17.2 Å². The van der Waals surface area contributed by atoms with Gasteiger partial charge in [-0.05, 0) is 43.9 Å². The standard InChI is InChI=1S/C21H33N3O4.HI/c1-6-28-18-12-17(21(18)8-7-9-21)24-20(22-2)23-13-14-10-15(25-3)19(27-5)16(11-14)26-4;/h10-11,17-18H,6-9,12-13H2,1-5H3,(H2,22,23,24);1H. The van der Waals surface area contributed by atoms with E-state index in [9.17, 15) is 0 Å². The van der Waals surface area contributed by atoms with E-state index in [1.807, 2.05) is 12.1 Å². The Morgan fingerprint density at radius 3 is 2.24 bits per heavy atom. The molecule has 0 heterocycles. The number of methoxy groups -OCH3 is 3. The summed E-state index contributed by atoms with van der Waals surface area (Å²) < 4.78 is 22.2. The third-order valence-corrected chi connectivity index (χ3v) is 6.16. The molecule has 0 aliphatic heterocycles. The number of hydrogen-bond acceptors (Lipinski definition) is 5. The SMILES string of the molecule is CCOC1CC(NC(=NC)NCc2cc(OC)c(OC)c(OC)c2)C12CCC2.I. The van der Waals surface area contributed by atoms with Gasteiger partial charge >= 0.3 is 0 Å². The molecule has 164 valence electrons. The van der Waals surface area contributed by atoms with Crippen LogP contribution in [-0.4, -0.2) is 53.1 Å². The van der Waals surface area contributed by atoms with Crippen molar-refractivity contribution < 1.29 is 18.9 Å². The zero-order valence-corrected chi connectivity index (χ0v) is 20.4. The van der Waals surface area contributed by atoms with Crippen LogP contribution in [0, 0.1) is 5.41 Å². The summed E-state index contributed by atoms with van der Waals surface area (Å²) in [6.45, 7) is 3.46. The van der Waals surface area contributed by atoms with Crippen LogP contribution in [0.4, 0.5) is 0 Å². The summed E-state index contributed by atoms with van der Waals surface area (Å²) in [4.78, 5) is 4.41. The lowest BCUT2D eigenvalue weighted by Gasteiger charge is -2.61. The number of nitrogens with one attached hydrogen (secondary N) is 2. The molecule has 0 radical (unpaired) electrons. The van der Waals surface area contributed by atoms with E-state index in [-0.39, 0.29) is 24.0 Å². The van der Waals surface area contributed by atoms with Crippen molar-refractivity contribution in [2.75, 3.05) is 35.0 Å². The largest absolute Gasteiger partial charge is 0.493 e. The Morgan fingerprint density at radius 2 is 1.79 bits per heavy atom. The quantitative estimate of drug-likeness (QED) is 0.312. The molecule has 2 saturated carbocycles. The van der Waals surface area contributed by atoms with Gasteiger partial charge in [-0.2, -0.15) is 0 Å². The fourth-order valence-electron chi connectivity index (χ4n) is 4.42. The van der Waals surface area contributed by atoms with Gasteiger partial charge in [0.1, 0.15) is 0 Å². The Labute approximate surface area is 190 Å². The van der Waals surface area contributed by atoms with Gasteiger partial charge in [0, 0.05) is 31.7 Å². The van der Waals surface area contributed by atoms with Crippen LogP contribution < -0.4 is 24.8 Å². The van der Waals surface area contributed by atoms with Gasteiger partial charge in [0.25, 0.3) is 0 Å². The van der Waals surface area contributed by atoms with E-state index in [2.05, 4.69) is 22.5 Å². The minimum absolute atomic E-state index is 0. The second-order valence-corrected chi connectivity index (χ2v) is 7.42. The van der Waals surface area contributed by atoms with Crippen molar-refractivity contribution in [1.82, 2.24) is 10.6 Å². The van der Waals surface area contributed by atoms with Crippen LogP contribution in [-0.2, 0) is 11.3 Å². The van der Waals surface area contributed by atoms with Crippen LogP contribution in [0.5, 0.6) is 17.2 Å². The fourth-order valence-corrected chi connectivity index (χ4v) is 4.42. The number of aliphatic imine (C=N–C) groups is 1. The van der Waals surface area contributed by atoms with E-state index in [0.29, 0.717) is 41.4 Å². The lowest BCUT2D eigenvalue weighted by atomic mass is 9.51. The van der Waals surface area contributed by atoms with Gasteiger partial charge in [-0.15, -0.1) is 24.0 Å². The highest BCUT2D eigenvalue weighted by Crippen LogP contribution is 2.57. The molecule has 1 aromatic rings. The van der Waals surface area contributed by atoms with E-state index in [1.165, 1.54) is 19.3 Å². The molecule has 2 fully saturated rings. The second kappa shape index (κ2) is 10.6. The number of benzene rings is 1. The molecule has 2 aliphatic carbocycles. The topological polar surface area (TPSA) is 73.3 Å². The highest BCUT2D eigenvalue weighted by atomic mass is 127. The van der Waals surface area contributed by atoms with Gasteiger partial charge in [-0.25, -0.2) is 0 Å². The molecule has 7 nitrogen and oxygen atoms in total. The molecule has 1 aromatic carbocycles. The van der Waals surface area contributed by atoms with Crippen LogP contribution >= 0.6 is 24.0 Å². The van der Waals surface area contributed by atoms with Gasteiger partial charge in [0.15, 0.2) is 17.5 Å². The van der Waals surface area contributed by atoms with Crippen molar-refractivity contribution in [1.29, 1.82) is 0 Å². The van der Waals surface area contributed by atoms with Gasteiger partial charge in [0.2, 0.25) is 5.75 Å². The fraction of sp³-hybridized carbons (Fsp3) is 0.667. The van der Waals surface area contributed by atoms with E-state index in [0.717, 1.165) is 24.6 Å². The highest BCUT2D eigenvalue weighted by molar-refractivity contribution is 14.0. The summed E-state index contributed by atoms with van der Waals surface area (Å²) in [5.74, 6) is 2.70. The van der Waals surface area contributed by atoms with Crippen LogP contribution in [0.3, 0.4) is 0 Å². The predicted molar refractivity (Wildman–Crippen MR) is 125 cm³/mol. The Kier molecular flexibility index (Phi) is 8.69. The summed E-state index contributed by atoms with van der Waals surface area (Å²) in [5, 5.41) is 7.01. The normalized spacial score (nSPS) is 22.0. The zero-order valence-electron chi connectivity index (χ0n) is 18.0. The Morgan fingerprint density at radius 1 is 1.14 bits per heavy atom. The predicted octanol–water partition coefficient (Wildman–Crippen LogP) is 3.34. The summed E-state index contributed by atoms with van der Waals surface area (Å²) in [5.41, 5.74) is 1.32. The van der Waals surface area contributed by atoms with Crippen LogP contribution in [0.2, 0.25) is 0 Å². The first-order valence-corrected chi connectivity index (χ1v) is 9.99. The Balaban J connectivity index is 0.00000300. The maximum atomic E-state index is 5.94. The first-order chi connectivity index (χ1) is 13.6. The minimum atomic E-state index is 0. The molecule has 0 bridgehead atoms. The van der Waals surface area contributed by atoms with Crippen molar-refractivity contribution >= 4 is 29.9 Å². The zero-order chi connectivity index (χ0) is 20.1. The molecule has 0 aromatic heterocycles. The molecule has 29 heavy (non-hydrogen) atoms. The lowest BCUT2D eigenvalue weighted by Crippen LogP contribution is -2.68. The van der Waals surface area contributed by atoms with Gasteiger partial charge in [0.05, 0.1) is 27.4 Å². The number of rotatable bonds is 8. The third kappa shape index (κ3) is 4.68. The van der Waals surface area contributed by atoms with Crippen molar-refractivity contribution in [3.05, 3.63) is 17.7 Å². The first kappa shape index (κ1) is 23.9. The molecule has 3 rings (SSSR count). The van der Waals surface area contributed by atoms with E-state index in [1.54, 1.807) is 28.4 Å². The highest BCUT2D eigenvalue weighted by Gasteiger charge is 2.59. The molecular weight excluding hydrogens is 485 g/mol. The average Bonchev–Trinajstić information content (AvgIpc) is 2.67. The molecule has 0 saturated heterocycles. The molecule has 2 unspecified atom stereocenters. The molecule has 0 amide bonds. The van der Waals surface area contributed by atoms with Crippen molar-refractivity contribution in [2.24, 2.45) is 10.4 Å². The van der Waals surface area contributed by atoms with Crippen molar-refractivity contribution in [3.63, 3.8) is 0 Å². The van der Waals surface area contributed by atoms with E-state index < -0.39 is 0 Å². The number of ether oxygens (including phenoxy) is 4. The maximum Gasteiger partial charge on any atom is 0.203 e. The lowest BCUT2D eigenvalue weighted by molar-refractivity contribution is -0.168. The number of hydrogen-bond donors (Lipinski definition) is 2. The van der Waals surface area contributed by atoms with Crippen molar-refractivity contribution in [2.45, 2.75) is 51.3 Å². The number of nitrogens with zero attached hydrogens (tertiary/aromatic N) is 1. The molecule has 2 N–H and O–H groups in total. The maximum absolute atomic E-state index is 5.94. The smallest absolute Gasteiger partial charge is 0.203 e. The summed E-state index contributed by atoms with van der Waals surface area (Å²) in [6.07, 6.45) is 5.19. The number of halogens is 1. The Hall–Kier alpha value is -1.42. The molecule has 2 atom stereocenters. The minimum Gasteiger partial charge on any atom is -0.493 e. The van der Waals surface area contributed by atoms with Gasteiger partial charge in [-0.3, -0.25) is 4.99 Å². The van der Waals surface area contributed by atoms with Crippen LogP contribution in [0.25, 0.3) is 0 Å². The first-order valence-electron chi connectivity index (χ1n) is 9.99. The van der Waals surface area contributed by atoms with E-state index in [4.69, 9.17) is 18.9 Å². The third-order valence-electron chi connectivity index (χ3n) is 6.16. The number of guanidine groups is 1. The molecule has 8 heteroatoms. The van der Waals surface area contributed by atoms with Gasteiger partial charge < -0.3 is 29.6 Å². The van der Waals surface area contributed by atoms with Crippen LogP contribution in [0.15, 0.2) is 17.1 Å². The molecule has 1 spiro atoms.